The lowest BCUT2D eigenvalue weighted by Crippen LogP contribution is -2.13. The monoisotopic (exact) mass is 415 g/mol. The van der Waals surface area contributed by atoms with Crippen molar-refractivity contribution >= 4 is 5.91 Å². The van der Waals surface area contributed by atoms with Gasteiger partial charge in [0.1, 0.15) is 17.5 Å². The summed E-state index contributed by atoms with van der Waals surface area (Å²) in [6.07, 6.45) is 2.33. The number of amides is 1. The van der Waals surface area contributed by atoms with Crippen LogP contribution < -0.4 is 5.73 Å². The molecule has 0 spiro atoms. The number of fused-ring (bicyclic) bond motifs is 1. The van der Waals surface area contributed by atoms with Gasteiger partial charge >= 0.3 is 6.18 Å². The zero-order valence-electron chi connectivity index (χ0n) is 15.6. The van der Waals surface area contributed by atoms with Crippen LogP contribution in [0.1, 0.15) is 40.4 Å². The van der Waals surface area contributed by atoms with Gasteiger partial charge in [-0.05, 0) is 37.5 Å². The van der Waals surface area contributed by atoms with Gasteiger partial charge in [0.25, 0.3) is 5.91 Å². The summed E-state index contributed by atoms with van der Waals surface area (Å²) in [5.41, 5.74) is 6.24. The van der Waals surface area contributed by atoms with Crippen molar-refractivity contribution in [1.29, 1.82) is 5.26 Å². The smallest absolute Gasteiger partial charge is 0.364 e. The summed E-state index contributed by atoms with van der Waals surface area (Å²) in [6, 6.07) is 6.22. The highest BCUT2D eigenvalue weighted by molar-refractivity contribution is 5.90. The average molecular weight is 415 g/mol. The number of hydrogen-bond acceptors (Lipinski definition) is 6. The van der Waals surface area contributed by atoms with Gasteiger partial charge in [-0.3, -0.25) is 19.4 Å². The van der Waals surface area contributed by atoms with Crippen LogP contribution in [0.25, 0.3) is 11.3 Å². The van der Waals surface area contributed by atoms with Gasteiger partial charge in [-0.15, -0.1) is 0 Å². The molecule has 2 N–H and O–H groups in total. The molecule has 0 radical (unpaired) electrons. The molecule has 1 aliphatic heterocycles. The van der Waals surface area contributed by atoms with E-state index >= 15 is 0 Å². The van der Waals surface area contributed by atoms with Gasteiger partial charge in [0.05, 0.1) is 18.1 Å². The van der Waals surface area contributed by atoms with Crippen LogP contribution >= 0.6 is 0 Å². The number of carbonyl (C=O) groups excluding carboxylic acids is 1. The van der Waals surface area contributed by atoms with E-state index in [0.29, 0.717) is 11.3 Å². The first-order valence-electron chi connectivity index (χ1n) is 8.90. The highest BCUT2D eigenvalue weighted by Gasteiger charge is 2.32. The number of nitrogens with two attached hydrogens (primary N) is 1. The summed E-state index contributed by atoms with van der Waals surface area (Å²) in [4.78, 5) is 21.0. The first kappa shape index (κ1) is 20.9. The molecular formula is C19H16F3N7O. The Kier molecular flexibility index (Phi) is 6.06. The molecule has 3 aromatic heterocycles. The van der Waals surface area contributed by atoms with Crippen molar-refractivity contribution in [2.75, 3.05) is 0 Å². The van der Waals surface area contributed by atoms with Gasteiger partial charge in [-0.25, -0.2) is 4.98 Å². The Balaban J connectivity index is 0.000000199. The number of primary amides is 1. The highest BCUT2D eigenvalue weighted by Crippen LogP contribution is 2.30. The first-order valence-corrected chi connectivity index (χ1v) is 8.90. The summed E-state index contributed by atoms with van der Waals surface area (Å²) in [5.74, 6) is -0.686. The number of halogens is 3. The van der Waals surface area contributed by atoms with Crippen LogP contribution in [0.4, 0.5) is 13.2 Å². The number of pyridine rings is 1. The summed E-state index contributed by atoms with van der Waals surface area (Å²) in [7, 11) is 0. The third kappa shape index (κ3) is 4.96. The van der Waals surface area contributed by atoms with E-state index in [2.05, 4.69) is 20.1 Å². The van der Waals surface area contributed by atoms with Gasteiger partial charge in [0.15, 0.2) is 5.69 Å². The van der Waals surface area contributed by atoms with E-state index in [1.165, 1.54) is 18.6 Å². The van der Waals surface area contributed by atoms with Gasteiger partial charge in [0, 0.05) is 24.0 Å². The molecule has 0 unspecified atom stereocenters. The molecule has 8 nitrogen and oxygen atoms in total. The van der Waals surface area contributed by atoms with E-state index < -0.39 is 17.8 Å². The number of nitriles is 1. The van der Waals surface area contributed by atoms with Crippen molar-refractivity contribution in [2.45, 2.75) is 32.0 Å². The summed E-state index contributed by atoms with van der Waals surface area (Å²) < 4.78 is 39.7. The van der Waals surface area contributed by atoms with Crippen molar-refractivity contribution < 1.29 is 18.0 Å². The first-order chi connectivity index (χ1) is 14.3. The van der Waals surface area contributed by atoms with Gasteiger partial charge in [-0.1, -0.05) is 0 Å². The minimum Gasteiger partial charge on any atom is -0.364 e. The SMILES string of the molecule is FC(F)(F)c1cc(-c2cc3n(n2)CCCC3)ccn1.N#Cc1cncc(C(N)=O)n1. The van der Waals surface area contributed by atoms with Gasteiger partial charge in [-0.2, -0.15) is 23.5 Å². The van der Waals surface area contributed by atoms with Crippen molar-refractivity contribution in [1.82, 2.24) is 24.7 Å². The van der Waals surface area contributed by atoms with E-state index in [9.17, 15) is 18.0 Å². The molecule has 0 saturated carbocycles. The molecular weight excluding hydrogens is 399 g/mol. The summed E-state index contributed by atoms with van der Waals surface area (Å²) >= 11 is 0. The molecule has 30 heavy (non-hydrogen) atoms. The summed E-state index contributed by atoms with van der Waals surface area (Å²) in [5, 5.41) is 12.7. The normalized spacial score (nSPS) is 12.9. The molecule has 1 aliphatic rings. The zero-order chi connectivity index (χ0) is 21.7. The Morgan fingerprint density at radius 3 is 2.70 bits per heavy atom. The highest BCUT2D eigenvalue weighted by atomic mass is 19.4. The van der Waals surface area contributed by atoms with Gasteiger partial charge in [0.2, 0.25) is 0 Å². The van der Waals surface area contributed by atoms with Crippen LogP contribution in [0.3, 0.4) is 0 Å². The minimum atomic E-state index is -4.42. The Morgan fingerprint density at radius 1 is 1.23 bits per heavy atom. The lowest BCUT2D eigenvalue weighted by Gasteiger charge is -2.11. The molecule has 4 rings (SSSR count). The fraction of sp³-hybridized carbons (Fsp3) is 0.263. The van der Waals surface area contributed by atoms with Gasteiger partial charge < -0.3 is 5.73 Å². The molecule has 0 fully saturated rings. The molecule has 0 bridgehead atoms. The lowest BCUT2D eigenvalue weighted by atomic mass is 10.1. The van der Waals surface area contributed by atoms with Crippen molar-refractivity contribution in [2.24, 2.45) is 5.73 Å². The topological polar surface area (TPSA) is 123 Å². The molecule has 4 heterocycles. The molecule has 1 amide bonds. The third-order valence-corrected chi connectivity index (χ3v) is 4.26. The quantitative estimate of drug-likeness (QED) is 0.686. The Bertz CT molecular complexity index is 1080. The fourth-order valence-electron chi connectivity index (χ4n) is 2.84. The maximum absolute atomic E-state index is 12.6. The van der Waals surface area contributed by atoms with E-state index in [1.54, 1.807) is 12.1 Å². The van der Waals surface area contributed by atoms with Crippen molar-refractivity contribution in [3.8, 4) is 17.3 Å². The van der Waals surface area contributed by atoms with Crippen LogP contribution in [-0.4, -0.2) is 30.6 Å². The average Bonchev–Trinajstić information content (AvgIpc) is 3.18. The summed E-state index contributed by atoms with van der Waals surface area (Å²) in [6.45, 7) is 0.840. The maximum Gasteiger partial charge on any atom is 0.433 e. The van der Waals surface area contributed by atoms with E-state index in [1.807, 2.05) is 10.7 Å². The number of aryl methyl sites for hydroxylation is 2. The van der Waals surface area contributed by atoms with Crippen LogP contribution in [-0.2, 0) is 19.1 Å². The standard InChI is InChI=1S/C13H12F3N3.C6H4N4O/c14-13(15,16)12-7-9(4-5-17-12)11-8-10-3-1-2-6-19(10)18-11;7-1-4-2-9-3-5(10-4)6(8)11/h4-5,7-8H,1-3,6H2;2-3H,(H2,8,11). The van der Waals surface area contributed by atoms with Crippen LogP contribution in [0, 0.1) is 11.3 Å². The second-order valence-corrected chi connectivity index (χ2v) is 6.39. The van der Waals surface area contributed by atoms with Crippen molar-refractivity contribution in [3.63, 3.8) is 0 Å². The number of alkyl halides is 3. The minimum absolute atomic E-state index is 0.00375. The van der Waals surface area contributed by atoms with E-state index in [4.69, 9.17) is 11.0 Å². The number of hydrogen-bond donors (Lipinski definition) is 1. The molecule has 11 heteroatoms. The maximum atomic E-state index is 12.6. The molecule has 0 saturated heterocycles. The molecule has 0 atom stereocenters. The third-order valence-electron chi connectivity index (χ3n) is 4.26. The van der Waals surface area contributed by atoms with Crippen LogP contribution in [0.5, 0.6) is 0 Å². The fourth-order valence-corrected chi connectivity index (χ4v) is 2.84. The predicted octanol–water partition coefficient (Wildman–Crippen LogP) is 2.75. The van der Waals surface area contributed by atoms with E-state index in [-0.39, 0.29) is 11.4 Å². The van der Waals surface area contributed by atoms with Crippen LogP contribution in [0.15, 0.2) is 36.8 Å². The predicted molar refractivity (Wildman–Crippen MR) is 98.7 cm³/mol. The Labute approximate surface area is 169 Å². The molecule has 0 aromatic carbocycles. The molecule has 3 aromatic rings. The van der Waals surface area contributed by atoms with E-state index in [0.717, 1.165) is 37.6 Å². The Hall–Kier alpha value is -3.81. The molecule has 154 valence electrons. The number of rotatable bonds is 2. The second-order valence-electron chi connectivity index (χ2n) is 6.39. The lowest BCUT2D eigenvalue weighted by molar-refractivity contribution is -0.141. The second kappa shape index (κ2) is 8.69. The largest absolute Gasteiger partial charge is 0.433 e. The zero-order valence-corrected chi connectivity index (χ0v) is 15.6. The number of aromatic nitrogens is 5. The Morgan fingerprint density at radius 2 is 2.03 bits per heavy atom. The molecule has 0 aliphatic carbocycles. The van der Waals surface area contributed by atoms with Crippen molar-refractivity contribution in [3.05, 3.63) is 59.6 Å². The number of nitrogens with zero attached hydrogens (tertiary/aromatic N) is 6. The number of carbonyl (C=O) groups is 1. The van der Waals surface area contributed by atoms with Crippen LogP contribution in [0.2, 0.25) is 0 Å².